The summed E-state index contributed by atoms with van der Waals surface area (Å²) in [6.07, 6.45) is 2.81. The highest BCUT2D eigenvalue weighted by Crippen LogP contribution is 2.61. The molecule has 1 unspecified atom stereocenters. The molecule has 10 nitrogen and oxygen atoms in total. The van der Waals surface area contributed by atoms with Gasteiger partial charge in [-0.25, -0.2) is 0 Å². The molecule has 3 aliphatic rings. The SMILES string of the molecule is C=CCCC(=O)NC[C@@H](OC(=O)[C@@H]1[C@H]2O[C@@]3(CC2Br)[C@H](C(=O)N(CC=C)c2ccccc2Cl)N([C@@H](CO)Cc2ccccc2)C(=O)[C@@H]13)c1ccccc1. The van der Waals surface area contributed by atoms with E-state index in [1.807, 2.05) is 48.5 Å². The van der Waals surface area contributed by atoms with Gasteiger partial charge in [-0.3, -0.25) is 19.2 Å². The lowest BCUT2D eigenvalue weighted by molar-refractivity contribution is -0.160. The summed E-state index contributed by atoms with van der Waals surface area (Å²) >= 11 is 10.4. The molecular weight excluding hydrogens is 762 g/mol. The van der Waals surface area contributed by atoms with Crippen molar-refractivity contribution in [2.75, 3.05) is 24.6 Å². The van der Waals surface area contributed by atoms with E-state index in [0.29, 0.717) is 22.7 Å². The average molecular weight is 805 g/mol. The standard InChI is InChI=1S/C41H43BrClN3O7/c1-3-5-20-33(48)44-24-32(27-16-10-7-11-17-27)52-40(51)34-35-38(49)46(28(25-47)22-26-14-8-6-9-15-26)37(41(35)23-29(42)36(34)53-41)39(50)45(21-4-2)31-19-13-12-18-30(31)43/h3-4,6-19,28-29,32,34-37,47H,1-2,5,20-25H2,(H,44,48)/t28-,29?,32-,34+,35-,36+,37+,41-/m1/s1. The molecule has 0 saturated carbocycles. The van der Waals surface area contributed by atoms with Crippen LogP contribution in [0, 0.1) is 11.8 Å². The molecule has 3 amide bonds. The molecule has 8 atom stereocenters. The van der Waals surface area contributed by atoms with Crippen molar-refractivity contribution in [3.05, 3.63) is 126 Å². The van der Waals surface area contributed by atoms with E-state index >= 15 is 4.79 Å². The number of halogens is 2. The van der Waals surface area contributed by atoms with Crippen molar-refractivity contribution in [2.24, 2.45) is 11.8 Å². The molecule has 3 aliphatic heterocycles. The van der Waals surface area contributed by atoms with Crippen molar-refractivity contribution in [3.63, 3.8) is 0 Å². The van der Waals surface area contributed by atoms with Crippen LogP contribution in [0.15, 0.2) is 110 Å². The van der Waals surface area contributed by atoms with Crippen LogP contribution in [-0.4, -0.2) is 82.0 Å². The number of rotatable bonds is 16. The molecule has 2 N–H and O–H groups in total. The van der Waals surface area contributed by atoms with Crippen LogP contribution >= 0.6 is 27.5 Å². The number of likely N-dealkylation sites (tertiary alicyclic amines) is 1. The van der Waals surface area contributed by atoms with Gasteiger partial charge in [0.25, 0.3) is 5.91 Å². The zero-order valence-corrected chi connectivity index (χ0v) is 31.5. The molecule has 0 aliphatic carbocycles. The number of allylic oxidation sites excluding steroid dienone is 1. The first-order valence-corrected chi connectivity index (χ1v) is 19.0. The van der Waals surface area contributed by atoms with Gasteiger partial charge in [-0.05, 0) is 42.5 Å². The first kappa shape index (κ1) is 38.4. The lowest BCUT2D eigenvalue weighted by Crippen LogP contribution is -2.59. The van der Waals surface area contributed by atoms with Gasteiger partial charge in [-0.15, -0.1) is 13.2 Å². The fraction of sp³-hybridized carbons (Fsp3) is 0.366. The maximum atomic E-state index is 15.1. The second-order valence-electron chi connectivity index (χ2n) is 13.6. The van der Waals surface area contributed by atoms with E-state index in [1.54, 1.807) is 48.6 Å². The van der Waals surface area contributed by atoms with Crippen LogP contribution in [0.4, 0.5) is 5.69 Å². The third-order valence-corrected chi connectivity index (χ3v) is 11.5. The van der Waals surface area contributed by atoms with Gasteiger partial charge in [-0.2, -0.15) is 0 Å². The van der Waals surface area contributed by atoms with Crippen molar-refractivity contribution in [1.29, 1.82) is 0 Å². The summed E-state index contributed by atoms with van der Waals surface area (Å²) in [4.78, 5) is 59.6. The van der Waals surface area contributed by atoms with Crippen LogP contribution in [0.2, 0.25) is 5.02 Å². The molecule has 53 heavy (non-hydrogen) atoms. The molecule has 1 spiro atoms. The fourth-order valence-corrected chi connectivity index (χ4v) is 9.22. The highest BCUT2D eigenvalue weighted by molar-refractivity contribution is 9.09. The molecule has 0 radical (unpaired) electrons. The third-order valence-electron chi connectivity index (χ3n) is 10.4. The zero-order chi connectivity index (χ0) is 37.7. The molecular formula is C41H43BrClN3O7. The van der Waals surface area contributed by atoms with Crippen LogP contribution in [0.3, 0.4) is 0 Å². The Morgan fingerprint density at radius 3 is 2.40 bits per heavy atom. The van der Waals surface area contributed by atoms with Gasteiger partial charge in [-0.1, -0.05) is 112 Å². The number of nitrogens with zero attached hydrogens (tertiary/aromatic N) is 2. The summed E-state index contributed by atoms with van der Waals surface area (Å²) in [5.41, 5.74) is 0.501. The monoisotopic (exact) mass is 803 g/mol. The minimum Gasteiger partial charge on any atom is -0.455 e. The predicted octanol–water partition coefficient (Wildman–Crippen LogP) is 5.58. The maximum Gasteiger partial charge on any atom is 0.313 e. The molecule has 6 rings (SSSR count). The molecule has 3 saturated heterocycles. The molecule has 3 aromatic carbocycles. The minimum atomic E-state index is -1.44. The number of ether oxygens (including phenoxy) is 2. The molecule has 3 fully saturated rings. The van der Waals surface area contributed by atoms with Gasteiger partial charge in [0.1, 0.15) is 17.7 Å². The van der Waals surface area contributed by atoms with Crippen LogP contribution in [0.25, 0.3) is 0 Å². The van der Waals surface area contributed by atoms with Crippen LogP contribution in [0.5, 0.6) is 0 Å². The number of benzene rings is 3. The largest absolute Gasteiger partial charge is 0.455 e. The number of aliphatic hydroxyl groups excluding tert-OH is 1. The summed E-state index contributed by atoms with van der Waals surface area (Å²) in [6, 6.07) is 23.3. The van der Waals surface area contributed by atoms with Crippen molar-refractivity contribution >= 4 is 56.9 Å². The first-order chi connectivity index (χ1) is 25.6. The number of fused-ring (bicyclic) bond motifs is 1. The second-order valence-corrected chi connectivity index (χ2v) is 15.2. The number of anilines is 1. The number of carbonyl (C=O) groups is 4. The third kappa shape index (κ3) is 7.58. The van der Waals surface area contributed by atoms with Crippen molar-refractivity contribution in [1.82, 2.24) is 10.2 Å². The Kier molecular flexibility index (Phi) is 12.2. The molecule has 0 aromatic heterocycles. The first-order valence-electron chi connectivity index (χ1n) is 17.7. The van der Waals surface area contributed by atoms with E-state index in [0.717, 1.165) is 5.56 Å². The van der Waals surface area contributed by atoms with Crippen LogP contribution in [0.1, 0.15) is 36.5 Å². The van der Waals surface area contributed by atoms with Crippen molar-refractivity contribution < 1.29 is 33.8 Å². The number of aliphatic hydroxyl groups is 1. The number of hydrogen-bond acceptors (Lipinski definition) is 7. The Labute approximate surface area is 322 Å². The van der Waals surface area contributed by atoms with Gasteiger partial charge in [0, 0.05) is 17.8 Å². The zero-order valence-electron chi connectivity index (χ0n) is 29.2. The molecule has 278 valence electrons. The molecule has 2 bridgehead atoms. The Morgan fingerprint density at radius 1 is 1.06 bits per heavy atom. The maximum absolute atomic E-state index is 15.1. The van der Waals surface area contributed by atoms with E-state index in [-0.39, 0.29) is 38.3 Å². The number of alkyl halides is 1. The number of carbonyl (C=O) groups excluding carboxylic acids is 4. The van der Waals surface area contributed by atoms with Gasteiger partial charge in [0.05, 0.1) is 47.8 Å². The van der Waals surface area contributed by atoms with Crippen LogP contribution < -0.4 is 10.2 Å². The summed E-state index contributed by atoms with van der Waals surface area (Å²) in [5.74, 6) is -4.04. The highest BCUT2D eigenvalue weighted by atomic mass is 79.9. The van der Waals surface area contributed by atoms with Gasteiger partial charge in [0.15, 0.2) is 0 Å². The normalized spacial score (nSPS) is 25.3. The van der Waals surface area contributed by atoms with E-state index in [4.69, 9.17) is 21.1 Å². The quantitative estimate of drug-likeness (QED) is 0.110. The van der Waals surface area contributed by atoms with E-state index in [9.17, 15) is 19.5 Å². The van der Waals surface area contributed by atoms with E-state index < -0.39 is 70.9 Å². The number of nitrogens with one attached hydrogen (secondary N) is 1. The van der Waals surface area contributed by atoms with Gasteiger partial charge >= 0.3 is 5.97 Å². The van der Waals surface area contributed by atoms with E-state index in [1.165, 1.54) is 9.80 Å². The molecule has 3 aromatic rings. The highest BCUT2D eigenvalue weighted by Gasteiger charge is 2.77. The topological polar surface area (TPSA) is 125 Å². The summed E-state index contributed by atoms with van der Waals surface area (Å²) in [6.45, 7) is 7.18. The molecule has 12 heteroatoms. The van der Waals surface area contributed by atoms with Crippen molar-refractivity contribution in [3.8, 4) is 0 Å². The predicted molar refractivity (Wildman–Crippen MR) is 205 cm³/mol. The summed E-state index contributed by atoms with van der Waals surface area (Å²) in [5, 5.41) is 14.1. The average Bonchev–Trinajstić information content (AvgIpc) is 3.77. The smallest absolute Gasteiger partial charge is 0.313 e. The van der Waals surface area contributed by atoms with Crippen LogP contribution in [-0.2, 0) is 35.1 Å². The van der Waals surface area contributed by atoms with Gasteiger partial charge in [0.2, 0.25) is 11.8 Å². The number of amides is 3. The fourth-order valence-electron chi connectivity index (χ4n) is 8.04. The van der Waals surface area contributed by atoms with Gasteiger partial charge < -0.3 is 29.7 Å². The number of para-hydroxylation sites is 1. The Morgan fingerprint density at radius 2 is 1.74 bits per heavy atom. The summed E-state index contributed by atoms with van der Waals surface area (Å²) in [7, 11) is 0. The number of esters is 1. The van der Waals surface area contributed by atoms with E-state index in [2.05, 4.69) is 34.4 Å². The Bertz CT molecular complexity index is 1830. The lowest BCUT2D eigenvalue weighted by Gasteiger charge is -2.39. The number of hydrogen-bond donors (Lipinski definition) is 2. The van der Waals surface area contributed by atoms with Crippen molar-refractivity contribution in [2.45, 2.75) is 60.4 Å². The lowest BCUT2D eigenvalue weighted by atomic mass is 9.70. The molecule has 3 heterocycles. The minimum absolute atomic E-state index is 0.0106. The Hall–Kier alpha value is -4.29. The second kappa shape index (κ2) is 16.8. The summed E-state index contributed by atoms with van der Waals surface area (Å²) < 4.78 is 12.9. The Balaban J connectivity index is 1.39.